The molecule has 9 nitrogen and oxygen atoms in total. The van der Waals surface area contributed by atoms with Gasteiger partial charge in [-0.1, -0.05) is 6.07 Å². The first kappa shape index (κ1) is 18.6. The lowest BCUT2D eigenvalue weighted by Crippen LogP contribution is -2.32. The Labute approximate surface area is 148 Å². The molecule has 0 radical (unpaired) electrons. The third-order valence-electron chi connectivity index (χ3n) is 3.39. The number of carbonyl (C=O) groups is 3. The van der Waals surface area contributed by atoms with E-state index in [1.165, 1.54) is 25.2 Å². The van der Waals surface area contributed by atoms with E-state index in [0.29, 0.717) is 11.3 Å². The first-order chi connectivity index (χ1) is 12.4. The van der Waals surface area contributed by atoms with Crippen LogP contribution in [-0.2, 0) is 4.79 Å². The van der Waals surface area contributed by atoms with Crippen molar-refractivity contribution in [1.82, 2.24) is 10.6 Å². The average molecular weight is 356 g/mol. The molecule has 134 valence electrons. The Morgan fingerprint density at radius 1 is 1.00 bits per heavy atom. The van der Waals surface area contributed by atoms with E-state index in [1.807, 2.05) is 0 Å². The Bertz CT molecular complexity index is 848. The molecular formula is C17H16N4O5. The van der Waals surface area contributed by atoms with Crippen LogP contribution in [0.4, 0.5) is 11.4 Å². The molecule has 2 aromatic rings. The molecule has 0 unspecified atom stereocenters. The molecule has 0 aromatic heterocycles. The number of nitro groups is 1. The highest BCUT2D eigenvalue weighted by atomic mass is 16.6. The fourth-order valence-electron chi connectivity index (χ4n) is 2.08. The van der Waals surface area contributed by atoms with Gasteiger partial charge in [0, 0.05) is 36.0 Å². The minimum absolute atomic E-state index is 0.0851. The largest absolute Gasteiger partial charge is 0.355 e. The van der Waals surface area contributed by atoms with Gasteiger partial charge in [0.05, 0.1) is 11.5 Å². The Hall–Kier alpha value is -3.75. The summed E-state index contributed by atoms with van der Waals surface area (Å²) in [6, 6.07) is 11.4. The smallest absolute Gasteiger partial charge is 0.270 e. The molecule has 0 bridgehead atoms. The highest BCUT2D eigenvalue weighted by Gasteiger charge is 2.12. The van der Waals surface area contributed by atoms with E-state index in [9.17, 15) is 24.5 Å². The Kier molecular flexibility index (Phi) is 5.99. The van der Waals surface area contributed by atoms with Crippen molar-refractivity contribution in [2.75, 3.05) is 18.9 Å². The summed E-state index contributed by atoms with van der Waals surface area (Å²) < 4.78 is 0. The van der Waals surface area contributed by atoms with Crippen LogP contribution in [0.2, 0.25) is 0 Å². The van der Waals surface area contributed by atoms with E-state index >= 15 is 0 Å². The van der Waals surface area contributed by atoms with Crippen molar-refractivity contribution in [3.05, 3.63) is 69.8 Å². The van der Waals surface area contributed by atoms with Gasteiger partial charge in [0.25, 0.3) is 17.5 Å². The number of carbonyl (C=O) groups excluding carboxylic acids is 3. The predicted molar refractivity (Wildman–Crippen MR) is 93.9 cm³/mol. The Morgan fingerprint density at radius 2 is 1.69 bits per heavy atom. The second-order valence-corrected chi connectivity index (χ2v) is 5.19. The van der Waals surface area contributed by atoms with E-state index < -0.39 is 16.7 Å². The summed E-state index contributed by atoms with van der Waals surface area (Å²) in [7, 11) is 1.52. The van der Waals surface area contributed by atoms with Gasteiger partial charge in [-0.15, -0.1) is 0 Å². The molecule has 26 heavy (non-hydrogen) atoms. The third kappa shape index (κ3) is 4.87. The average Bonchev–Trinajstić information content (AvgIpc) is 2.66. The highest BCUT2D eigenvalue weighted by molar-refractivity contribution is 6.00. The highest BCUT2D eigenvalue weighted by Crippen LogP contribution is 2.13. The molecule has 2 aromatic carbocycles. The van der Waals surface area contributed by atoms with Crippen LogP contribution in [0.25, 0.3) is 0 Å². The molecule has 0 aliphatic carbocycles. The van der Waals surface area contributed by atoms with Crippen molar-refractivity contribution in [2.24, 2.45) is 0 Å². The maximum atomic E-state index is 12.0. The summed E-state index contributed by atoms with van der Waals surface area (Å²) in [5, 5.41) is 18.2. The number of nitrogens with one attached hydrogen (secondary N) is 3. The first-order valence-electron chi connectivity index (χ1n) is 7.55. The first-order valence-corrected chi connectivity index (χ1v) is 7.55. The second kappa shape index (κ2) is 8.38. The van der Waals surface area contributed by atoms with Gasteiger partial charge in [-0.05, 0) is 30.3 Å². The van der Waals surface area contributed by atoms with Gasteiger partial charge in [-0.25, -0.2) is 0 Å². The number of amides is 3. The zero-order valence-corrected chi connectivity index (χ0v) is 13.8. The molecule has 3 amide bonds. The molecule has 0 saturated heterocycles. The molecule has 0 heterocycles. The maximum Gasteiger partial charge on any atom is 0.270 e. The van der Waals surface area contributed by atoms with Crippen LogP contribution in [0.5, 0.6) is 0 Å². The summed E-state index contributed by atoms with van der Waals surface area (Å²) in [6.07, 6.45) is 0. The normalized spacial score (nSPS) is 9.88. The fourth-order valence-corrected chi connectivity index (χ4v) is 2.08. The quantitative estimate of drug-likeness (QED) is 0.531. The van der Waals surface area contributed by atoms with Gasteiger partial charge in [0.2, 0.25) is 5.91 Å². The van der Waals surface area contributed by atoms with Gasteiger partial charge in [-0.2, -0.15) is 0 Å². The van der Waals surface area contributed by atoms with Crippen LogP contribution < -0.4 is 16.0 Å². The molecule has 2 rings (SSSR count). The second-order valence-electron chi connectivity index (χ2n) is 5.19. The molecule has 0 atom stereocenters. The Balaban J connectivity index is 1.90. The molecular weight excluding hydrogens is 340 g/mol. The van der Waals surface area contributed by atoms with Crippen LogP contribution in [0, 0.1) is 10.1 Å². The number of anilines is 1. The zero-order chi connectivity index (χ0) is 19.1. The number of non-ortho nitro benzene ring substituents is 1. The van der Waals surface area contributed by atoms with Crippen LogP contribution in [0.3, 0.4) is 0 Å². The van der Waals surface area contributed by atoms with Crippen LogP contribution >= 0.6 is 0 Å². The van der Waals surface area contributed by atoms with Crippen molar-refractivity contribution in [3.8, 4) is 0 Å². The van der Waals surface area contributed by atoms with E-state index in [2.05, 4.69) is 16.0 Å². The summed E-state index contributed by atoms with van der Waals surface area (Å²) in [4.78, 5) is 45.4. The predicted octanol–water partition coefficient (Wildman–Crippen LogP) is 1.32. The van der Waals surface area contributed by atoms with Crippen molar-refractivity contribution >= 4 is 29.1 Å². The number of nitrogens with zero attached hydrogens (tertiary/aromatic N) is 1. The Morgan fingerprint density at radius 3 is 2.31 bits per heavy atom. The van der Waals surface area contributed by atoms with Crippen molar-refractivity contribution in [2.45, 2.75) is 0 Å². The summed E-state index contributed by atoms with van der Waals surface area (Å²) in [5.41, 5.74) is 0.789. The van der Waals surface area contributed by atoms with Gasteiger partial charge < -0.3 is 16.0 Å². The van der Waals surface area contributed by atoms with Crippen LogP contribution in [0.15, 0.2) is 48.5 Å². The summed E-state index contributed by atoms with van der Waals surface area (Å²) in [6.45, 7) is -0.307. The lowest BCUT2D eigenvalue weighted by atomic mass is 10.2. The van der Waals surface area contributed by atoms with Crippen LogP contribution in [-0.4, -0.2) is 36.2 Å². The monoisotopic (exact) mass is 356 g/mol. The third-order valence-corrected chi connectivity index (χ3v) is 3.39. The number of benzene rings is 2. The van der Waals surface area contributed by atoms with Crippen LogP contribution in [0.1, 0.15) is 20.7 Å². The lowest BCUT2D eigenvalue weighted by Gasteiger charge is -2.08. The van der Waals surface area contributed by atoms with Gasteiger partial charge in [-0.3, -0.25) is 24.5 Å². The zero-order valence-electron chi connectivity index (χ0n) is 13.8. The summed E-state index contributed by atoms with van der Waals surface area (Å²) in [5.74, 6) is -1.32. The standard InChI is InChI=1S/C17H16N4O5/c1-18-16(23)11-5-7-13(8-6-11)20-15(22)10-19-17(24)12-3-2-4-14(9-12)21(25)26/h2-9H,10H2,1H3,(H,18,23)(H,19,24)(H,20,22). The molecule has 0 aliphatic rings. The number of nitro benzene ring substituents is 1. The summed E-state index contributed by atoms with van der Waals surface area (Å²) >= 11 is 0. The molecule has 3 N–H and O–H groups in total. The topological polar surface area (TPSA) is 130 Å². The number of rotatable bonds is 6. The van der Waals surface area contributed by atoms with Crippen molar-refractivity contribution in [3.63, 3.8) is 0 Å². The SMILES string of the molecule is CNC(=O)c1ccc(NC(=O)CNC(=O)c2cccc([N+](=O)[O-])c2)cc1. The number of hydrogen-bond donors (Lipinski definition) is 3. The fraction of sp³-hybridized carbons (Fsp3) is 0.118. The maximum absolute atomic E-state index is 12.0. The molecule has 0 fully saturated rings. The molecule has 9 heteroatoms. The van der Waals surface area contributed by atoms with E-state index in [-0.39, 0.29) is 23.7 Å². The number of hydrogen-bond acceptors (Lipinski definition) is 5. The van der Waals surface area contributed by atoms with Gasteiger partial charge in [0.1, 0.15) is 0 Å². The van der Waals surface area contributed by atoms with Crippen molar-refractivity contribution < 1.29 is 19.3 Å². The van der Waals surface area contributed by atoms with Gasteiger partial charge >= 0.3 is 0 Å². The van der Waals surface area contributed by atoms with E-state index in [1.54, 1.807) is 24.3 Å². The minimum Gasteiger partial charge on any atom is -0.355 e. The minimum atomic E-state index is -0.605. The van der Waals surface area contributed by atoms with Crippen molar-refractivity contribution in [1.29, 1.82) is 0 Å². The molecule has 0 saturated carbocycles. The lowest BCUT2D eigenvalue weighted by molar-refractivity contribution is -0.384. The molecule has 0 spiro atoms. The van der Waals surface area contributed by atoms with Gasteiger partial charge in [0.15, 0.2) is 0 Å². The van der Waals surface area contributed by atoms with E-state index in [4.69, 9.17) is 0 Å². The van der Waals surface area contributed by atoms with E-state index in [0.717, 1.165) is 6.07 Å². The molecule has 0 aliphatic heterocycles.